The molecule has 2 fully saturated rings. The lowest BCUT2D eigenvalue weighted by Crippen LogP contribution is -2.35. The maximum Gasteiger partial charge on any atom is 0.393 e. The number of hydrogen-bond donors (Lipinski definition) is 1. The molecule has 0 amide bonds. The first-order chi connectivity index (χ1) is 7.95. The number of nitrogens with zero attached hydrogens (tertiary/aromatic N) is 1. The van der Waals surface area contributed by atoms with E-state index in [0.717, 1.165) is 32.2 Å². The van der Waals surface area contributed by atoms with Crippen molar-refractivity contribution in [1.82, 2.24) is 4.90 Å². The highest BCUT2D eigenvalue weighted by Gasteiger charge is 2.43. The van der Waals surface area contributed by atoms with Crippen LogP contribution in [0, 0.1) is 11.8 Å². The molecule has 0 aromatic heterocycles. The minimum Gasteiger partial charge on any atom is -0.328 e. The van der Waals surface area contributed by atoms with E-state index in [0.29, 0.717) is 12.5 Å². The van der Waals surface area contributed by atoms with Gasteiger partial charge >= 0.3 is 6.18 Å². The lowest BCUT2D eigenvalue weighted by atomic mass is 9.86. The van der Waals surface area contributed by atoms with Crippen molar-refractivity contribution >= 4 is 0 Å². The Balaban J connectivity index is 1.77. The number of likely N-dealkylation sites (tertiary alicyclic amines) is 1. The lowest BCUT2D eigenvalue weighted by Gasteiger charge is -2.30. The minimum atomic E-state index is -4.02. The van der Waals surface area contributed by atoms with Crippen LogP contribution in [0.2, 0.25) is 0 Å². The van der Waals surface area contributed by atoms with Crippen LogP contribution in [0.4, 0.5) is 13.2 Å². The normalized spacial score (nSPS) is 36.4. The number of hydrogen-bond acceptors (Lipinski definition) is 2. The Morgan fingerprint density at radius 1 is 1.18 bits per heavy atom. The molecule has 0 spiro atoms. The summed E-state index contributed by atoms with van der Waals surface area (Å²) in [5, 5.41) is 0. The van der Waals surface area contributed by atoms with Gasteiger partial charge in [-0.05, 0) is 38.1 Å². The van der Waals surface area contributed by atoms with Crippen LogP contribution in [0.15, 0.2) is 0 Å². The quantitative estimate of drug-likeness (QED) is 0.815. The van der Waals surface area contributed by atoms with Gasteiger partial charge in [0.15, 0.2) is 0 Å². The molecule has 3 atom stereocenters. The van der Waals surface area contributed by atoms with E-state index in [4.69, 9.17) is 5.73 Å². The van der Waals surface area contributed by atoms with Gasteiger partial charge in [0.1, 0.15) is 0 Å². The van der Waals surface area contributed by atoms with Gasteiger partial charge in [-0.25, -0.2) is 0 Å². The third kappa shape index (κ3) is 3.58. The molecule has 1 aliphatic carbocycles. The molecule has 0 aromatic carbocycles. The van der Waals surface area contributed by atoms with Gasteiger partial charge in [-0.3, -0.25) is 0 Å². The monoisotopic (exact) mass is 250 g/mol. The molecular weight excluding hydrogens is 229 g/mol. The van der Waals surface area contributed by atoms with Gasteiger partial charge in [-0.2, -0.15) is 13.2 Å². The molecule has 2 N–H and O–H groups in total. The molecule has 1 saturated carbocycles. The predicted molar refractivity (Wildman–Crippen MR) is 60.5 cm³/mol. The molecule has 1 heterocycles. The zero-order valence-corrected chi connectivity index (χ0v) is 10.0. The van der Waals surface area contributed by atoms with E-state index in [-0.39, 0.29) is 19.0 Å². The second-order valence-electron chi connectivity index (χ2n) is 5.58. The average molecular weight is 250 g/mol. The smallest absolute Gasteiger partial charge is 0.328 e. The molecule has 5 heteroatoms. The topological polar surface area (TPSA) is 29.3 Å². The lowest BCUT2D eigenvalue weighted by molar-refractivity contribution is -0.170. The van der Waals surface area contributed by atoms with Crippen LogP contribution in [0.25, 0.3) is 0 Å². The van der Waals surface area contributed by atoms with Crippen LogP contribution in [0.3, 0.4) is 0 Å². The van der Waals surface area contributed by atoms with E-state index in [1.54, 1.807) is 0 Å². The van der Waals surface area contributed by atoms with Crippen molar-refractivity contribution in [3.63, 3.8) is 0 Å². The van der Waals surface area contributed by atoms with Crippen LogP contribution in [-0.4, -0.2) is 36.8 Å². The van der Waals surface area contributed by atoms with Crippen molar-refractivity contribution in [2.24, 2.45) is 17.6 Å². The Morgan fingerprint density at radius 2 is 1.94 bits per heavy atom. The van der Waals surface area contributed by atoms with Crippen LogP contribution >= 0.6 is 0 Å². The summed E-state index contributed by atoms with van der Waals surface area (Å²) in [4.78, 5) is 1.97. The fourth-order valence-corrected chi connectivity index (χ4v) is 3.13. The van der Waals surface area contributed by atoms with E-state index in [1.165, 1.54) is 0 Å². The van der Waals surface area contributed by atoms with Crippen molar-refractivity contribution in [1.29, 1.82) is 0 Å². The van der Waals surface area contributed by atoms with Gasteiger partial charge < -0.3 is 10.6 Å². The number of halogens is 3. The molecule has 100 valence electrons. The van der Waals surface area contributed by atoms with Gasteiger partial charge in [0.05, 0.1) is 5.92 Å². The third-order valence-corrected chi connectivity index (χ3v) is 4.08. The van der Waals surface area contributed by atoms with E-state index < -0.39 is 12.1 Å². The summed E-state index contributed by atoms with van der Waals surface area (Å²) in [6.45, 7) is 1.59. The Bertz CT molecular complexity index is 255. The molecule has 17 heavy (non-hydrogen) atoms. The highest BCUT2D eigenvalue weighted by Crippen LogP contribution is 2.34. The number of nitrogens with two attached hydrogens (primary N) is 1. The molecule has 2 rings (SSSR count). The summed E-state index contributed by atoms with van der Waals surface area (Å²) in [5.41, 5.74) is 5.90. The average Bonchev–Trinajstić information content (AvgIpc) is 2.65. The Morgan fingerprint density at radius 3 is 2.53 bits per heavy atom. The molecule has 2 aliphatic rings. The first-order valence-corrected chi connectivity index (χ1v) is 6.50. The van der Waals surface area contributed by atoms with Crippen LogP contribution in [0.1, 0.15) is 32.1 Å². The van der Waals surface area contributed by atoms with Crippen molar-refractivity contribution in [2.75, 3.05) is 19.6 Å². The van der Waals surface area contributed by atoms with Gasteiger partial charge in [-0.1, -0.05) is 6.42 Å². The molecule has 1 saturated heterocycles. The molecular formula is C12H21F3N2. The molecule has 3 unspecified atom stereocenters. The van der Waals surface area contributed by atoms with Gasteiger partial charge in [-0.15, -0.1) is 0 Å². The summed E-state index contributed by atoms with van der Waals surface area (Å²) >= 11 is 0. The van der Waals surface area contributed by atoms with Crippen molar-refractivity contribution in [3.8, 4) is 0 Å². The zero-order valence-electron chi connectivity index (χ0n) is 10.0. The maximum absolute atomic E-state index is 12.5. The van der Waals surface area contributed by atoms with E-state index in [9.17, 15) is 13.2 Å². The Hall–Kier alpha value is -0.290. The SMILES string of the molecule is NC1CCCC(CN2CCC(C(F)(F)F)C2)C1. The summed E-state index contributed by atoms with van der Waals surface area (Å²) in [6, 6.07) is 0.259. The highest BCUT2D eigenvalue weighted by molar-refractivity contribution is 4.84. The second kappa shape index (κ2) is 5.14. The van der Waals surface area contributed by atoms with Crippen molar-refractivity contribution < 1.29 is 13.2 Å². The van der Waals surface area contributed by atoms with Crippen LogP contribution in [-0.2, 0) is 0 Å². The molecule has 0 radical (unpaired) electrons. The van der Waals surface area contributed by atoms with Crippen molar-refractivity contribution in [2.45, 2.75) is 44.3 Å². The fourth-order valence-electron chi connectivity index (χ4n) is 3.13. The summed E-state index contributed by atoms with van der Waals surface area (Å²) < 4.78 is 37.6. The first-order valence-electron chi connectivity index (χ1n) is 6.50. The Kier molecular flexibility index (Phi) is 3.98. The largest absolute Gasteiger partial charge is 0.393 e. The zero-order chi connectivity index (χ0) is 12.5. The summed E-state index contributed by atoms with van der Waals surface area (Å²) in [6.07, 6.45) is 0.554. The highest BCUT2D eigenvalue weighted by atomic mass is 19.4. The maximum atomic E-state index is 12.5. The van der Waals surface area contributed by atoms with E-state index >= 15 is 0 Å². The molecule has 2 nitrogen and oxygen atoms in total. The first kappa shape index (κ1) is 13.1. The second-order valence-corrected chi connectivity index (χ2v) is 5.58. The van der Waals surface area contributed by atoms with E-state index in [2.05, 4.69) is 0 Å². The Labute approximate surface area is 100 Å². The van der Waals surface area contributed by atoms with Gasteiger partial charge in [0.2, 0.25) is 0 Å². The fraction of sp³-hybridized carbons (Fsp3) is 1.00. The summed E-state index contributed by atoms with van der Waals surface area (Å²) in [5.74, 6) is -0.606. The molecule has 1 aliphatic heterocycles. The third-order valence-electron chi connectivity index (χ3n) is 4.08. The molecule has 0 aromatic rings. The van der Waals surface area contributed by atoms with Crippen LogP contribution in [0.5, 0.6) is 0 Å². The van der Waals surface area contributed by atoms with Gasteiger partial charge in [0, 0.05) is 19.1 Å². The standard InChI is InChI=1S/C12H21F3N2/c13-12(14,15)10-4-5-17(8-10)7-9-2-1-3-11(16)6-9/h9-11H,1-8,16H2. The molecule has 0 bridgehead atoms. The predicted octanol–water partition coefficient (Wildman–Crippen LogP) is 2.39. The number of rotatable bonds is 2. The van der Waals surface area contributed by atoms with Crippen LogP contribution < -0.4 is 5.73 Å². The summed E-state index contributed by atoms with van der Waals surface area (Å²) in [7, 11) is 0. The van der Waals surface area contributed by atoms with Crippen molar-refractivity contribution in [3.05, 3.63) is 0 Å². The number of alkyl halides is 3. The van der Waals surface area contributed by atoms with Gasteiger partial charge in [0.25, 0.3) is 0 Å². The van der Waals surface area contributed by atoms with E-state index in [1.807, 2.05) is 4.90 Å². The minimum absolute atomic E-state index is 0.190.